The lowest BCUT2D eigenvalue weighted by atomic mass is 10.1. The van der Waals surface area contributed by atoms with Gasteiger partial charge in [0.25, 0.3) is 0 Å². The molecule has 0 unspecified atom stereocenters. The summed E-state index contributed by atoms with van der Waals surface area (Å²) >= 11 is 0. The Hall–Kier alpha value is -1.85. The van der Waals surface area contributed by atoms with Gasteiger partial charge in [0.05, 0.1) is 11.6 Å². The summed E-state index contributed by atoms with van der Waals surface area (Å²) in [6, 6.07) is 0.355. The minimum Gasteiger partial charge on any atom is -0.361 e. The Labute approximate surface area is 130 Å². The van der Waals surface area contributed by atoms with E-state index in [-0.39, 0.29) is 17.7 Å². The van der Waals surface area contributed by atoms with Gasteiger partial charge in [-0.1, -0.05) is 18.0 Å². The molecule has 1 N–H and O–H groups in total. The second-order valence-corrected chi connectivity index (χ2v) is 6.41. The van der Waals surface area contributed by atoms with Crippen molar-refractivity contribution in [1.82, 2.24) is 15.4 Å². The first-order chi connectivity index (χ1) is 10.6. The Kier molecular flexibility index (Phi) is 4.18. The third kappa shape index (κ3) is 2.87. The van der Waals surface area contributed by atoms with Gasteiger partial charge in [-0.05, 0) is 26.7 Å². The maximum absolute atomic E-state index is 12.3. The number of nitrogens with zero attached hydrogens (tertiary/aromatic N) is 2. The minimum absolute atomic E-state index is 0.0474. The molecule has 1 aromatic rings. The molecular weight excluding hydrogens is 282 g/mol. The molecule has 1 saturated carbocycles. The van der Waals surface area contributed by atoms with Gasteiger partial charge in [0.2, 0.25) is 11.8 Å². The van der Waals surface area contributed by atoms with Crippen molar-refractivity contribution < 1.29 is 14.1 Å². The summed E-state index contributed by atoms with van der Waals surface area (Å²) in [6.07, 6.45) is 4.89. The van der Waals surface area contributed by atoms with Crippen molar-refractivity contribution >= 4 is 11.8 Å². The zero-order valence-electron chi connectivity index (χ0n) is 13.2. The van der Waals surface area contributed by atoms with Crippen molar-refractivity contribution in [1.29, 1.82) is 0 Å². The average molecular weight is 305 g/mol. The largest absolute Gasteiger partial charge is 0.361 e. The van der Waals surface area contributed by atoms with Crippen LogP contribution in [-0.4, -0.2) is 34.5 Å². The molecule has 2 fully saturated rings. The van der Waals surface area contributed by atoms with Crippen LogP contribution in [0, 0.1) is 19.8 Å². The number of nitrogens with one attached hydrogen (secondary N) is 1. The van der Waals surface area contributed by atoms with E-state index in [1.54, 1.807) is 0 Å². The van der Waals surface area contributed by atoms with Crippen LogP contribution >= 0.6 is 0 Å². The number of likely N-dealkylation sites (tertiary alicyclic amines) is 1. The van der Waals surface area contributed by atoms with Gasteiger partial charge in [-0.2, -0.15) is 0 Å². The van der Waals surface area contributed by atoms with E-state index in [2.05, 4.69) is 10.5 Å². The van der Waals surface area contributed by atoms with Crippen LogP contribution in [0.4, 0.5) is 0 Å². The number of carbonyl (C=O) groups excluding carboxylic acids is 2. The summed E-state index contributed by atoms with van der Waals surface area (Å²) in [5, 5.41) is 6.80. The van der Waals surface area contributed by atoms with Crippen LogP contribution < -0.4 is 5.32 Å². The maximum atomic E-state index is 12.3. The minimum atomic E-state index is -0.228. The number of amides is 2. The zero-order valence-corrected chi connectivity index (χ0v) is 13.2. The monoisotopic (exact) mass is 305 g/mol. The number of hydrogen-bond acceptors (Lipinski definition) is 4. The number of aromatic nitrogens is 1. The zero-order chi connectivity index (χ0) is 15.7. The van der Waals surface area contributed by atoms with E-state index in [0.717, 1.165) is 29.9 Å². The van der Waals surface area contributed by atoms with E-state index >= 15 is 0 Å². The molecule has 0 aromatic carbocycles. The van der Waals surface area contributed by atoms with Crippen molar-refractivity contribution in [2.75, 3.05) is 6.54 Å². The predicted molar refractivity (Wildman–Crippen MR) is 79.9 cm³/mol. The third-order valence-electron chi connectivity index (χ3n) is 4.92. The normalized spacial score (nSPS) is 22.5. The summed E-state index contributed by atoms with van der Waals surface area (Å²) in [5.41, 5.74) is 1.72. The van der Waals surface area contributed by atoms with E-state index in [1.165, 1.54) is 12.8 Å². The topological polar surface area (TPSA) is 75.4 Å². The van der Waals surface area contributed by atoms with Crippen molar-refractivity contribution in [2.45, 2.75) is 58.5 Å². The van der Waals surface area contributed by atoms with Gasteiger partial charge < -0.3 is 14.7 Å². The van der Waals surface area contributed by atoms with Gasteiger partial charge in [0, 0.05) is 31.1 Å². The Morgan fingerprint density at radius 3 is 2.73 bits per heavy atom. The van der Waals surface area contributed by atoms with Gasteiger partial charge in [-0.3, -0.25) is 9.59 Å². The first-order valence-corrected chi connectivity index (χ1v) is 8.05. The SMILES string of the molecule is Cc1noc(C)c1CNC(=O)[C@@H]1CC(=O)N(C2CCCC2)C1. The van der Waals surface area contributed by atoms with Gasteiger partial charge in [-0.15, -0.1) is 0 Å². The molecule has 22 heavy (non-hydrogen) atoms. The highest BCUT2D eigenvalue weighted by Crippen LogP contribution is 2.29. The molecule has 120 valence electrons. The molecule has 3 rings (SSSR count). The molecule has 1 aliphatic carbocycles. The summed E-state index contributed by atoms with van der Waals surface area (Å²) in [7, 11) is 0. The fourth-order valence-electron chi connectivity index (χ4n) is 3.55. The average Bonchev–Trinajstić information content (AvgIpc) is 3.19. The molecule has 2 heterocycles. The van der Waals surface area contributed by atoms with Crippen LogP contribution in [0.2, 0.25) is 0 Å². The molecule has 2 amide bonds. The van der Waals surface area contributed by atoms with Crippen molar-refractivity contribution in [3.63, 3.8) is 0 Å². The Morgan fingerprint density at radius 2 is 2.09 bits per heavy atom. The molecule has 2 aliphatic rings. The first kappa shape index (κ1) is 15.1. The van der Waals surface area contributed by atoms with E-state index in [9.17, 15) is 9.59 Å². The number of hydrogen-bond donors (Lipinski definition) is 1. The molecule has 6 nitrogen and oxygen atoms in total. The highest BCUT2D eigenvalue weighted by molar-refractivity contribution is 5.89. The Bertz CT molecular complexity index is 556. The lowest BCUT2D eigenvalue weighted by Crippen LogP contribution is -2.36. The van der Waals surface area contributed by atoms with E-state index < -0.39 is 0 Å². The Morgan fingerprint density at radius 1 is 1.36 bits per heavy atom. The van der Waals surface area contributed by atoms with Crippen LogP contribution in [0.3, 0.4) is 0 Å². The lowest BCUT2D eigenvalue weighted by molar-refractivity contribution is -0.130. The Balaban J connectivity index is 1.56. The summed E-state index contributed by atoms with van der Waals surface area (Å²) in [5.74, 6) is 0.583. The quantitative estimate of drug-likeness (QED) is 0.918. The van der Waals surface area contributed by atoms with Crippen LogP contribution in [0.5, 0.6) is 0 Å². The predicted octanol–water partition coefficient (Wildman–Crippen LogP) is 1.70. The summed E-state index contributed by atoms with van der Waals surface area (Å²) in [4.78, 5) is 26.4. The van der Waals surface area contributed by atoms with Gasteiger partial charge >= 0.3 is 0 Å². The van der Waals surface area contributed by atoms with Crippen LogP contribution in [0.15, 0.2) is 4.52 Å². The van der Waals surface area contributed by atoms with Crippen molar-refractivity contribution in [3.05, 3.63) is 17.0 Å². The van der Waals surface area contributed by atoms with Gasteiger partial charge in [-0.25, -0.2) is 0 Å². The molecule has 1 atom stereocenters. The van der Waals surface area contributed by atoms with E-state index in [4.69, 9.17) is 4.52 Å². The molecular formula is C16H23N3O3. The lowest BCUT2D eigenvalue weighted by Gasteiger charge is -2.23. The van der Waals surface area contributed by atoms with Crippen LogP contribution in [-0.2, 0) is 16.1 Å². The highest BCUT2D eigenvalue weighted by Gasteiger charge is 2.38. The van der Waals surface area contributed by atoms with E-state index in [0.29, 0.717) is 25.6 Å². The molecule has 0 spiro atoms. The van der Waals surface area contributed by atoms with Gasteiger partial charge in [0.1, 0.15) is 5.76 Å². The van der Waals surface area contributed by atoms with E-state index in [1.807, 2.05) is 18.7 Å². The number of aryl methyl sites for hydroxylation is 2. The number of rotatable bonds is 4. The summed E-state index contributed by atoms with van der Waals surface area (Å²) in [6.45, 7) is 4.67. The maximum Gasteiger partial charge on any atom is 0.225 e. The molecule has 0 bridgehead atoms. The first-order valence-electron chi connectivity index (χ1n) is 8.05. The fraction of sp³-hybridized carbons (Fsp3) is 0.688. The molecule has 6 heteroatoms. The summed E-state index contributed by atoms with van der Waals surface area (Å²) < 4.78 is 5.09. The third-order valence-corrected chi connectivity index (χ3v) is 4.92. The molecule has 1 saturated heterocycles. The smallest absolute Gasteiger partial charge is 0.225 e. The standard InChI is InChI=1S/C16H23N3O3/c1-10-14(11(2)22-18-10)8-17-16(21)12-7-15(20)19(9-12)13-5-3-4-6-13/h12-13H,3-9H2,1-2H3,(H,17,21)/t12-/m1/s1. The number of carbonyl (C=O) groups is 2. The van der Waals surface area contributed by atoms with Crippen molar-refractivity contribution in [3.8, 4) is 0 Å². The second-order valence-electron chi connectivity index (χ2n) is 6.41. The molecule has 1 aliphatic heterocycles. The van der Waals surface area contributed by atoms with Crippen LogP contribution in [0.25, 0.3) is 0 Å². The molecule has 0 radical (unpaired) electrons. The highest BCUT2D eigenvalue weighted by atomic mass is 16.5. The fourth-order valence-corrected chi connectivity index (χ4v) is 3.55. The second kappa shape index (κ2) is 6.10. The van der Waals surface area contributed by atoms with Gasteiger partial charge in [0.15, 0.2) is 0 Å². The van der Waals surface area contributed by atoms with Crippen molar-refractivity contribution in [2.24, 2.45) is 5.92 Å². The van der Waals surface area contributed by atoms with Crippen LogP contribution in [0.1, 0.15) is 49.1 Å². The molecule has 1 aromatic heterocycles.